The monoisotopic (exact) mass is 734 g/mol. The van der Waals surface area contributed by atoms with Crippen LogP contribution in [0.25, 0.3) is 0 Å². The molecule has 0 saturated carbocycles. The molecular weight excluding hydrogens is 688 g/mol. The van der Waals surface area contributed by atoms with Crippen molar-refractivity contribution in [1.82, 2.24) is 9.97 Å². The summed E-state index contributed by atoms with van der Waals surface area (Å²) in [5, 5.41) is 5.61. The van der Waals surface area contributed by atoms with Gasteiger partial charge in [0.2, 0.25) is 0 Å². The topological polar surface area (TPSA) is 239 Å². The third kappa shape index (κ3) is 21.8. The highest BCUT2D eigenvalue weighted by Crippen LogP contribution is 2.18. The van der Waals surface area contributed by atoms with Gasteiger partial charge in [0, 0.05) is 10.8 Å². The van der Waals surface area contributed by atoms with Crippen LogP contribution in [0.15, 0.2) is 10.8 Å². The van der Waals surface area contributed by atoms with Crippen molar-refractivity contribution in [3.63, 3.8) is 0 Å². The number of thiazole rings is 2. The second kappa shape index (κ2) is 20.7. The highest BCUT2D eigenvalue weighted by atomic mass is 32.1. The second-order valence-electron chi connectivity index (χ2n) is 11.9. The summed E-state index contributed by atoms with van der Waals surface area (Å²) in [6, 6.07) is 0. The molecule has 0 unspecified atom stereocenters. The summed E-state index contributed by atoms with van der Waals surface area (Å²) in [6.45, 7) is 18.7. The molecule has 0 atom stereocenters. The van der Waals surface area contributed by atoms with Crippen molar-refractivity contribution in [2.75, 3.05) is 24.3 Å². The first-order valence-corrected chi connectivity index (χ1v) is 15.9. The first-order chi connectivity index (χ1) is 21.9. The molecule has 0 spiro atoms. The number of nitrogens with one attached hydrogen (secondary N) is 1. The number of nitrogens with zero attached hydrogens (tertiary/aromatic N) is 2. The number of aromatic nitrogens is 2. The molecule has 0 bridgehead atoms. The summed E-state index contributed by atoms with van der Waals surface area (Å²) in [5.74, 6) is -3.47. The highest BCUT2D eigenvalue weighted by Gasteiger charge is 2.25. The van der Waals surface area contributed by atoms with Gasteiger partial charge in [-0.1, -0.05) is 7.43 Å². The Labute approximate surface area is 293 Å². The average Bonchev–Trinajstić information content (AvgIpc) is 3.54. The predicted molar refractivity (Wildman–Crippen MR) is 181 cm³/mol. The van der Waals surface area contributed by atoms with Crippen LogP contribution in [-0.4, -0.2) is 81.9 Å². The number of Topliss-reactive ketones (excluding diaryl/α,β-unsaturated/α-hetero) is 2. The van der Waals surface area contributed by atoms with Crippen LogP contribution in [-0.2, 0) is 38.0 Å². The van der Waals surface area contributed by atoms with Crippen LogP contribution in [0.3, 0.4) is 0 Å². The minimum atomic E-state index is -1.06. The van der Waals surface area contributed by atoms with Gasteiger partial charge in [-0.15, -0.1) is 22.7 Å². The van der Waals surface area contributed by atoms with Crippen molar-refractivity contribution in [2.45, 2.75) is 100 Å². The Bertz CT molecular complexity index is 1410. The molecule has 0 radical (unpaired) electrons. The fourth-order valence-electron chi connectivity index (χ4n) is 2.43. The maximum atomic E-state index is 11.6. The smallest absolute Gasteiger partial charge is 0.460 e. The Morgan fingerprint density at radius 2 is 1.06 bits per heavy atom. The largest absolute Gasteiger partial charge is 0.519 e. The summed E-state index contributed by atoms with van der Waals surface area (Å²) < 4.78 is 27.9. The maximum Gasteiger partial charge on any atom is 0.519 e. The number of carbonyl (C=O) groups is 7. The molecule has 0 aromatic carbocycles. The first-order valence-electron chi connectivity index (χ1n) is 14.1. The van der Waals surface area contributed by atoms with Crippen LogP contribution < -0.4 is 11.1 Å². The van der Waals surface area contributed by atoms with Gasteiger partial charge in [-0.25, -0.2) is 33.9 Å². The zero-order valence-electron chi connectivity index (χ0n) is 28.7. The molecule has 2 rings (SSSR count). The maximum absolute atomic E-state index is 11.6. The van der Waals surface area contributed by atoms with Crippen LogP contribution in [0.2, 0.25) is 0 Å². The lowest BCUT2D eigenvalue weighted by atomic mass is 10.2. The number of nitrogen functional groups attached to an aromatic ring is 1. The van der Waals surface area contributed by atoms with Crippen molar-refractivity contribution in [2.24, 2.45) is 0 Å². The number of ketones is 2. The Balaban J connectivity index is 0. The van der Waals surface area contributed by atoms with Gasteiger partial charge in [-0.2, -0.15) is 0 Å². The molecule has 17 nitrogen and oxygen atoms in total. The van der Waals surface area contributed by atoms with E-state index in [1.807, 2.05) is 0 Å². The lowest BCUT2D eigenvalue weighted by Gasteiger charge is -2.20. The van der Waals surface area contributed by atoms with E-state index in [0.717, 1.165) is 22.7 Å². The van der Waals surface area contributed by atoms with E-state index in [1.54, 1.807) is 76.2 Å². The fourth-order valence-corrected chi connectivity index (χ4v) is 3.65. The van der Waals surface area contributed by atoms with Gasteiger partial charge in [-0.3, -0.25) is 14.9 Å². The van der Waals surface area contributed by atoms with E-state index in [0.29, 0.717) is 0 Å². The Kier molecular flexibility index (Phi) is 19.6. The first kappa shape index (κ1) is 46.5. The molecule has 2 aromatic heterocycles. The third-order valence-corrected chi connectivity index (χ3v) is 5.40. The molecule has 276 valence electrons. The fraction of sp³-hybridized carbons (Fsp3) is 0.567. The van der Waals surface area contributed by atoms with E-state index < -0.39 is 58.7 Å². The van der Waals surface area contributed by atoms with Crippen LogP contribution in [0.5, 0.6) is 0 Å². The number of rotatable bonds is 7. The lowest BCUT2D eigenvalue weighted by molar-refractivity contribution is -0.138. The Morgan fingerprint density at radius 3 is 1.41 bits per heavy atom. The van der Waals surface area contributed by atoms with Crippen LogP contribution >= 0.6 is 22.7 Å². The van der Waals surface area contributed by atoms with E-state index in [2.05, 4.69) is 29.5 Å². The molecule has 0 fully saturated rings. The van der Waals surface area contributed by atoms with Crippen LogP contribution in [0, 0.1) is 0 Å². The number of esters is 2. The predicted octanol–water partition coefficient (Wildman–Crippen LogP) is 6.22. The van der Waals surface area contributed by atoms with Gasteiger partial charge in [0.05, 0.1) is 13.2 Å². The van der Waals surface area contributed by atoms with Crippen molar-refractivity contribution >= 4 is 74.8 Å². The molecular formula is C30H46N4O13S2. The normalized spacial score (nSPS) is 10.6. The molecule has 0 aliphatic heterocycles. The number of ether oxygens (including phenoxy) is 6. The summed E-state index contributed by atoms with van der Waals surface area (Å²) >= 11 is 2.12. The molecule has 2 aromatic rings. The minimum absolute atomic E-state index is 0. The average molecular weight is 735 g/mol. The number of amides is 1. The standard InChI is InChI=1S/C12H16N2O5S.C10H18O5.C7H8N2O3S.CH4/c1-5-18-9(16)8(15)7-6-20-10(13-7)14-11(17)19-12(2,3)4;1-9(2,3)14-7(11)13-8(12)15-10(4,5)6;1-2-12-6(11)5(10)4-3-13-7(8)9-4;/h6H,5H2,1-4H3,(H,13,14,17);1-6H3;3H,2H2,1H3,(H2,8,9);1H4. The van der Waals surface area contributed by atoms with Crippen molar-refractivity contribution in [1.29, 1.82) is 0 Å². The van der Waals surface area contributed by atoms with Crippen LogP contribution in [0.4, 0.5) is 24.6 Å². The second-order valence-corrected chi connectivity index (χ2v) is 13.6. The van der Waals surface area contributed by atoms with Crippen molar-refractivity contribution in [3.8, 4) is 0 Å². The quantitative estimate of drug-likeness (QED) is 0.106. The number of hydrogen-bond acceptors (Lipinski definition) is 18. The number of anilines is 2. The van der Waals surface area contributed by atoms with E-state index >= 15 is 0 Å². The zero-order chi connectivity index (χ0) is 37.5. The van der Waals surface area contributed by atoms with Crippen molar-refractivity contribution < 1.29 is 62.0 Å². The summed E-state index contributed by atoms with van der Waals surface area (Å²) in [4.78, 5) is 85.9. The Hall–Kier alpha value is -4.65. The van der Waals surface area contributed by atoms with Gasteiger partial charge in [-0.05, 0) is 76.2 Å². The molecule has 0 aliphatic rings. The van der Waals surface area contributed by atoms with Crippen LogP contribution in [0.1, 0.15) is 105 Å². The summed E-state index contributed by atoms with van der Waals surface area (Å²) in [6.07, 6.45) is -2.80. The van der Waals surface area contributed by atoms with Gasteiger partial charge in [0.25, 0.3) is 11.6 Å². The molecule has 2 heterocycles. The Morgan fingerprint density at radius 1 is 0.673 bits per heavy atom. The van der Waals surface area contributed by atoms with E-state index in [9.17, 15) is 33.6 Å². The summed E-state index contributed by atoms with van der Waals surface area (Å²) in [7, 11) is 0. The van der Waals surface area contributed by atoms with Crippen molar-refractivity contribution in [3.05, 3.63) is 22.1 Å². The van der Waals surface area contributed by atoms with Gasteiger partial charge < -0.3 is 34.2 Å². The van der Waals surface area contributed by atoms with E-state index in [1.165, 1.54) is 10.8 Å². The minimum Gasteiger partial charge on any atom is -0.460 e. The zero-order valence-corrected chi connectivity index (χ0v) is 30.3. The highest BCUT2D eigenvalue weighted by molar-refractivity contribution is 7.14. The SMILES string of the molecule is C.CC(C)(C)OC(=O)OC(=O)OC(C)(C)C.CCOC(=O)C(=O)c1csc(N)n1.CCOC(=O)C(=O)c1csc(NC(=O)OC(C)(C)C)n1. The van der Waals surface area contributed by atoms with Gasteiger partial charge in [0.15, 0.2) is 10.3 Å². The van der Waals surface area contributed by atoms with Gasteiger partial charge >= 0.3 is 30.3 Å². The molecule has 49 heavy (non-hydrogen) atoms. The number of nitrogens with two attached hydrogens (primary N) is 1. The number of carbonyl (C=O) groups excluding carboxylic acids is 7. The molecule has 19 heteroatoms. The number of hydrogen-bond donors (Lipinski definition) is 2. The van der Waals surface area contributed by atoms with Gasteiger partial charge in [0.1, 0.15) is 28.2 Å². The molecule has 0 saturated heterocycles. The summed E-state index contributed by atoms with van der Waals surface area (Å²) in [5.41, 5.74) is 3.24. The molecule has 3 N–H and O–H groups in total. The lowest BCUT2D eigenvalue weighted by Crippen LogP contribution is -2.29. The van der Waals surface area contributed by atoms with E-state index in [-0.39, 0.29) is 42.3 Å². The third-order valence-electron chi connectivity index (χ3n) is 3.97. The molecule has 0 aliphatic carbocycles. The molecule has 1 amide bonds. The van der Waals surface area contributed by atoms with E-state index in [4.69, 9.17) is 19.9 Å².